The van der Waals surface area contributed by atoms with Crippen LogP contribution < -0.4 is 59.1 Å². The number of nitrogens with zero attached hydrogens (tertiary/aromatic N) is 4. The van der Waals surface area contributed by atoms with Crippen LogP contribution in [0.1, 0.15) is 0 Å². The van der Waals surface area contributed by atoms with Crippen molar-refractivity contribution in [2.75, 3.05) is 0 Å². The van der Waals surface area contributed by atoms with Gasteiger partial charge in [0.05, 0.1) is 0 Å². The molecule has 11 heavy (non-hydrogen) atoms. The van der Waals surface area contributed by atoms with Crippen molar-refractivity contribution in [1.29, 1.82) is 21.0 Å². The molecule has 0 aromatic heterocycles. The first-order valence-corrected chi connectivity index (χ1v) is 0.894. The SMILES string of the molecule is [C-]#N.[C-]#N.[C-]#N.[C-]#N.[Cu+2].[Na+].[Na+]. The monoisotopic (exact) mass is 213 g/mol. The standard InChI is InChI=1S/4CN.Cu.2Na/c4*1-2;;;/q4*-1;+2;2*+1. The molecule has 1 radical (unpaired) electrons. The minimum atomic E-state index is 0. The van der Waals surface area contributed by atoms with Crippen molar-refractivity contribution in [3.8, 4) is 0 Å². The van der Waals surface area contributed by atoms with Gasteiger partial charge in [0.25, 0.3) is 0 Å². The van der Waals surface area contributed by atoms with Gasteiger partial charge in [0.2, 0.25) is 0 Å². The van der Waals surface area contributed by atoms with Crippen LogP contribution in [0.3, 0.4) is 0 Å². The van der Waals surface area contributed by atoms with Gasteiger partial charge in [-0.25, -0.2) is 0 Å². The van der Waals surface area contributed by atoms with Gasteiger partial charge in [0.15, 0.2) is 0 Å². The van der Waals surface area contributed by atoms with Crippen molar-refractivity contribution in [3.05, 3.63) is 26.3 Å². The molecule has 0 amide bonds. The zero-order valence-electron chi connectivity index (χ0n) is 6.09. The second kappa shape index (κ2) is 4100. The molecule has 0 aliphatic rings. The van der Waals surface area contributed by atoms with Gasteiger partial charge in [-0.1, -0.05) is 0 Å². The van der Waals surface area contributed by atoms with Crippen LogP contribution in [0.2, 0.25) is 0 Å². The van der Waals surface area contributed by atoms with Crippen LogP contribution in [0.15, 0.2) is 0 Å². The van der Waals surface area contributed by atoms with E-state index in [1.54, 1.807) is 0 Å². The summed E-state index contributed by atoms with van der Waals surface area (Å²) in [5, 5.41) is 25.0. The van der Waals surface area contributed by atoms with Gasteiger partial charge in [-0.15, -0.1) is 0 Å². The molecule has 0 N–H and O–H groups in total. The topological polar surface area (TPSA) is 95.2 Å². The van der Waals surface area contributed by atoms with E-state index in [0.29, 0.717) is 0 Å². The third kappa shape index (κ3) is 3280. The van der Waals surface area contributed by atoms with Crippen molar-refractivity contribution < 1.29 is 76.2 Å². The molecule has 0 fully saturated rings. The van der Waals surface area contributed by atoms with Crippen LogP contribution >= 0.6 is 0 Å². The van der Waals surface area contributed by atoms with Crippen LogP contribution in [0.25, 0.3) is 0 Å². The zero-order valence-corrected chi connectivity index (χ0v) is 11.0. The minimum absolute atomic E-state index is 0. The van der Waals surface area contributed by atoms with E-state index in [1.807, 2.05) is 0 Å². The minimum Gasteiger partial charge on any atom is -0.512 e. The maximum Gasteiger partial charge on any atom is 2.00 e. The predicted molar refractivity (Wildman–Crippen MR) is 19.9 cm³/mol. The normalized spacial score (nSPS) is 0.727. The Bertz CT molecular complexity index is 63.1. The predicted octanol–water partition coefficient (Wildman–Crippen LogP) is -5.61. The number of hydrogen-bond acceptors (Lipinski definition) is 4. The summed E-state index contributed by atoms with van der Waals surface area (Å²) in [6, 6.07) is 0. The molecule has 0 heterocycles. The summed E-state index contributed by atoms with van der Waals surface area (Å²) in [5.74, 6) is 0. The van der Waals surface area contributed by atoms with Crippen molar-refractivity contribution in [3.63, 3.8) is 0 Å². The Morgan fingerprint density at radius 1 is 0.455 bits per heavy atom. The van der Waals surface area contributed by atoms with E-state index in [1.165, 1.54) is 0 Å². The quantitative estimate of drug-likeness (QED) is 0.296. The molecular weight excluding hydrogens is 214 g/mol. The van der Waals surface area contributed by atoms with Gasteiger partial charge in [-0.3, -0.25) is 0 Å². The molecule has 49 valence electrons. The van der Waals surface area contributed by atoms with Gasteiger partial charge < -0.3 is 47.3 Å². The van der Waals surface area contributed by atoms with Crippen LogP contribution in [-0.4, -0.2) is 0 Å². The molecule has 0 unspecified atom stereocenters. The fourth-order valence-corrected chi connectivity index (χ4v) is 0. The summed E-state index contributed by atoms with van der Waals surface area (Å²) in [5.41, 5.74) is 0. The van der Waals surface area contributed by atoms with Crippen molar-refractivity contribution in [2.24, 2.45) is 0 Å². The zero-order chi connectivity index (χ0) is 8.00. The van der Waals surface area contributed by atoms with Crippen molar-refractivity contribution in [1.82, 2.24) is 0 Å². The Morgan fingerprint density at radius 2 is 0.455 bits per heavy atom. The van der Waals surface area contributed by atoms with Crippen LogP contribution in [0.5, 0.6) is 0 Å². The Labute approximate surface area is 122 Å². The molecule has 0 aromatic rings. The first kappa shape index (κ1) is 62.8. The van der Waals surface area contributed by atoms with E-state index in [2.05, 4.69) is 0 Å². The fourth-order valence-electron chi connectivity index (χ4n) is 0. The van der Waals surface area contributed by atoms with Crippen LogP contribution in [0.4, 0.5) is 0 Å². The van der Waals surface area contributed by atoms with E-state index in [-0.39, 0.29) is 76.2 Å². The average molecular weight is 214 g/mol. The third-order valence-electron chi connectivity index (χ3n) is 0. The van der Waals surface area contributed by atoms with Gasteiger partial charge in [0, 0.05) is 0 Å². The first-order valence-electron chi connectivity index (χ1n) is 0.894. The van der Waals surface area contributed by atoms with Gasteiger partial charge in [-0.05, 0) is 0 Å². The molecule has 0 aliphatic heterocycles. The van der Waals surface area contributed by atoms with E-state index < -0.39 is 0 Å². The number of hydrogen-bond donors (Lipinski definition) is 0. The largest absolute Gasteiger partial charge is 2.00 e. The van der Waals surface area contributed by atoms with Gasteiger partial charge in [0.1, 0.15) is 0 Å². The molecule has 0 saturated heterocycles. The van der Waals surface area contributed by atoms with E-state index in [9.17, 15) is 0 Å². The van der Waals surface area contributed by atoms with E-state index >= 15 is 0 Å². The van der Waals surface area contributed by atoms with Gasteiger partial charge >= 0.3 is 76.2 Å². The fraction of sp³-hybridized carbons (Fsp3) is 0. The Kier molecular flexibility index (Phi) is 23400. The van der Waals surface area contributed by atoms with Crippen LogP contribution in [-0.2, 0) is 17.1 Å². The molecule has 0 rings (SSSR count). The third-order valence-corrected chi connectivity index (χ3v) is 0. The maximum atomic E-state index is 6.25. The van der Waals surface area contributed by atoms with Crippen LogP contribution in [0, 0.1) is 47.3 Å². The number of rotatable bonds is 0. The second-order valence-electron chi connectivity index (χ2n) is 0. The molecule has 0 spiro atoms. The average Bonchev–Trinajstić information content (AvgIpc) is 2.03. The molecule has 0 atom stereocenters. The summed E-state index contributed by atoms with van der Waals surface area (Å²) in [6.07, 6.45) is 0. The second-order valence-corrected chi connectivity index (χ2v) is 0. The van der Waals surface area contributed by atoms with E-state index in [4.69, 9.17) is 47.3 Å². The molecule has 7 heteroatoms. The Morgan fingerprint density at radius 3 is 0.455 bits per heavy atom. The molecule has 0 aliphatic carbocycles. The summed E-state index contributed by atoms with van der Waals surface area (Å²) in [7, 11) is 0. The molecular formula is C4CuN4Na2. The summed E-state index contributed by atoms with van der Waals surface area (Å²) < 4.78 is 0. The van der Waals surface area contributed by atoms with E-state index in [0.717, 1.165) is 0 Å². The molecule has 4 nitrogen and oxygen atoms in total. The van der Waals surface area contributed by atoms with Gasteiger partial charge in [-0.2, -0.15) is 0 Å². The Balaban J connectivity index is -0.00000000356. The summed E-state index contributed by atoms with van der Waals surface area (Å²) in [4.78, 5) is 0. The molecule has 0 bridgehead atoms. The first-order chi connectivity index (χ1) is 4.00. The van der Waals surface area contributed by atoms with Crippen molar-refractivity contribution in [2.45, 2.75) is 0 Å². The maximum absolute atomic E-state index is 6.25. The Hall–Kier alpha value is 0.479. The summed E-state index contributed by atoms with van der Waals surface area (Å²) >= 11 is 0. The summed E-state index contributed by atoms with van der Waals surface area (Å²) in [6.45, 7) is 19.0. The smallest absolute Gasteiger partial charge is 0.512 e. The van der Waals surface area contributed by atoms with Crippen molar-refractivity contribution >= 4 is 0 Å². The molecule has 0 aromatic carbocycles. The molecule has 0 saturated carbocycles.